The Morgan fingerprint density at radius 2 is 2.11 bits per heavy atom. The lowest BCUT2D eigenvalue weighted by molar-refractivity contribution is 0.206. The van der Waals surface area contributed by atoms with Crippen molar-refractivity contribution >= 4 is 29.3 Å². The maximum atomic E-state index is 10.6. The maximum absolute atomic E-state index is 10.6. The third-order valence-corrected chi connectivity index (χ3v) is 3.02. The third kappa shape index (κ3) is 2.97. The van der Waals surface area contributed by atoms with Crippen LogP contribution in [0.2, 0.25) is 10.0 Å². The van der Waals surface area contributed by atoms with Crippen molar-refractivity contribution in [2.45, 2.75) is 6.42 Å². The van der Waals surface area contributed by atoms with E-state index in [1.54, 1.807) is 24.4 Å². The molecule has 6 heteroatoms. The van der Waals surface area contributed by atoms with E-state index in [1.165, 1.54) is 4.68 Å². The molecule has 0 atom stereocenters. The van der Waals surface area contributed by atoms with E-state index in [4.69, 9.17) is 28.3 Å². The molecule has 0 saturated carbocycles. The molecular formula is C12H10Cl2N2O2. The van der Waals surface area contributed by atoms with Crippen LogP contribution in [0.15, 0.2) is 36.5 Å². The molecule has 0 aliphatic rings. The van der Waals surface area contributed by atoms with Crippen LogP contribution in [0.1, 0.15) is 11.3 Å². The summed E-state index contributed by atoms with van der Waals surface area (Å²) in [5.74, 6) is 0. The van der Waals surface area contributed by atoms with E-state index >= 15 is 0 Å². The number of nitrogens with one attached hydrogen (secondary N) is 1. The van der Waals surface area contributed by atoms with Gasteiger partial charge in [0.15, 0.2) is 0 Å². The SMILES string of the molecule is O=C(O)Nn1cccc1Cc1ccc(Cl)cc1Cl. The molecule has 0 aliphatic carbocycles. The quantitative estimate of drug-likeness (QED) is 0.905. The highest BCUT2D eigenvalue weighted by atomic mass is 35.5. The van der Waals surface area contributed by atoms with Gasteiger partial charge < -0.3 is 5.11 Å². The Balaban J connectivity index is 2.23. The molecule has 1 aromatic carbocycles. The summed E-state index contributed by atoms with van der Waals surface area (Å²) in [6.45, 7) is 0. The van der Waals surface area contributed by atoms with Gasteiger partial charge in [0.1, 0.15) is 0 Å². The zero-order chi connectivity index (χ0) is 13.1. The first kappa shape index (κ1) is 12.8. The molecule has 1 aromatic heterocycles. The van der Waals surface area contributed by atoms with Gasteiger partial charge in [-0.2, -0.15) is 0 Å². The minimum atomic E-state index is -1.12. The second-order valence-corrected chi connectivity index (χ2v) is 4.54. The molecule has 2 rings (SSSR count). The van der Waals surface area contributed by atoms with Crippen molar-refractivity contribution in [3.63, 3.8) is 0 Å². The highest BCUT2D eigenvalue weighted by Gasteiger charge is 2.07. The lowest BCUT2D eigenvalue weighted by Gasteiger charge is -2.09. The van der Waals surface area contributed by atoms with Gasteiger partial charge in [0.2, 0.25) is 0 Å². The Bertz CT molecular complexity index is 581. The number of nitrogens with zero attached hydrogens (tertiary/aromatic N) is 1. The minimum Gasteiger partial charge on any atom is -0.464 e. The van der Waals surface area contributed by atoms with E-state index in [-0.39, 0.29) is 0 Å². The van der Waals surface area contributed by atoms with Gasteiger partial charge in [0.05, 0.1) is 0 Å². The van der Waals surface area contributed by atoms with E-state index < -0.39 is 6.09 Å². The number of carboxylic acid groups (broad SMARTS) is 1. The molecule has 18 heavy (non-hydrogen) atoms. The van der Waals surface area contributed by atoms with Crippen LogP contribution in [-0.2, 0) is 6.42 Å². The van der Waals surface area contributed by atoms with E-state index in [2.05, 4.69) is 5.43 Å². The number of hydrogen-bond donors (Lipinski definition) is 2. The Morgan fingerprint density at radius 1 is 1.33 bits per heavy atom. The van der Waals surface area contributed by atoms with Crippen LogP contribution in [0.3, 0.4) is 0 Å². The second-order valence-electron chi connectivity index (χ2n) is 3.70. The lowest BCUT2D eigenvalue weighted by Crippen LogP contribution is -2.21. The molecule has 0 aliphatic heterocycles. The van der Waals surface area contributed by atoms with Gasteiger partial charge in [-0.15, -0.1) is 0 Å². The number of amides is 1. The van der Waals surface area contributed by atoms with Gasteiger partial charge in [-0.3, -0.25) is 4.68 Å². The average Bonchev–Trinajstić information content (AvgIpc) is 2.69. The predicted molar refractivity (Wildman–Crippen MR) is 71.1 cm³/mol. The Hall–Kier alpha value is -1.65. The average molecular weight is 285 g/mol. The van der Waals surface area contributed by atoms with Gasteiger partial charge in [-0.05, 0) is 29.8 Å². The molecule has 1 amide bonds. The number of carbonyl (C=O) groups is 1. The number of halogens is 2. The topological polar surface area (TPSA) is 54.3 Å². The van der Waals surface area contributed by atoms with Crippen LogP contribution in [0.4, 0.5) is 4.79 Å². The summed E-state index contributed by atoms with van der Waals surface area (Å²) in [6.07, 6.45) is 1.03. The van der Waals surface area contributed by atoms with Crippen molar-refractivity contribution in [1.29, 1.82) is 0 Å². The second kappa shape index (κ2) is 5.33. The van der Waals surface area contributed by atoms with E-state index in [0.717, 1.165) is 11.3 Å². The Kier molecular flexibility index (Phi) is 3.79. The largest absolute Gasteiger partial charge is 0.464 e. The number of benzene rings is 1. The smallest absolute Gasteiger partial charge is 0.423 e. The predicted octanol–water partition coefficient (Wildman–Crippen LogP) is 3.61. The fourth-order valence-corrected chi connectivity index (χ4v) is 2.11. The van der Waals surface area contributed by atoms with Crippen molar-refractivity contribution in [3.8, 4) is 0 Å². The minimum absolute atomic E-state index is 0.517. The first-order valence-electron chi connectivity index (χ1n) is 5.16. The molecule has 0 unspecified atom stereocenters. The van der Waals surface area contributed by atoms with Gasteiger partial charge in [0.25, 0.3) is 0 Å². The molecular weight excluding hydrogens is 275 g/mol. The Labute approximate surface area is 114 Å². The molecule has 0 saturated heterocycles. The zero-order valence-electron chi connectivity index (χ0n) is 9.23. The van der Waals surface area contributed by atoms with Gasteiger partial charge >= 0.3 is 6.09 Å². The normalized spacial score (nSPS) is 10.3. The van der Waals surface area contributed by atoms with E-state index in [9.17, 15) is 4.79 Å². The summed E-state index contributed by atoms with van der Waals surface area (Å²) in [6, 6.07) is 8.82. The summed E-state index contributed by atoms with van der Waals surface area (Å²) >= 11 is 11.9. The molecule has 4 nitrogen and oxygen atoms in total. The van der Waals surface area contributed by atoms with Gasteiger partial charge in [-0.1, -0.05) is 29.3 Å². The molecule has 0 bridgehead atoms. The van der Waals surface area contributed by atoms with Crippen LogP contribution in [-0.4, -0.2) is 15.9 Å². The molecule has 0 radical (unpaired) electrons. The van der Waals surface area contributed by atoms with Crippen LogP contribution < -0.4 is 5.43 Å². The van der Waals surface area contributed by atoms with Crippen molar-refractivity contribution in [1.82, 2.24) is 4.68 Å². The van der Waals surface area contributed by atoms with Crippen LogP contribution in [0, 0.1) is 0 Å². The first-order chi connectivity index (χ1) is 8.56. The molecule has 94 valence electrons. The van der Waals surface area contributed by atoms with E-state index in [1.807, 2.05) is 12.1 Å². The van der Waals surface area contributed by atoms with Crippen molar-refractivity contribution in [3.05, 3.63) is 57.8 Å². The van der Waals surface area contributed by atoms with Crippen LogP contribution in [0.25, 0.3) is 0 Å². The fourth-order valence-electron chi connectivity index (χ4n) is 1.63. The summed E-state index contributed by atoms with van der Waals surface area (Å²) in [4.78, 5) is 10.6. The van der Waals surface area contributed by atoms with Crippen LogP contribution in [0.5, 0.6) is 0 Å². The number of rotatable bonds is 3. The standard InChI is InChI=1S/C12H10Cl2N2O2/c13-9-4-3-8(11(14)7-9)6-10-2-1-5-16(10)15-12(17)18/h1-5,7,15H,6H2,(H,17,18). The molecule has 1 heterocycles. The van der Waals surface area contributed by atoms with Gasteiger partial charge in [0, 0.05) is 28.4 Å². The molecule has 0 spiro atoms. The van der Waals surface area contributed by atoms with Crippen molar-refractivity contribution in [2.75, 3.05) is 5.43 Å². The maximum Gasteiger partial charge on any atom is 0.423 e. The Morgan fingerprint density at radius 3 is 2.78 bits per heavy atom. The molecule has 2 N–H and O–H groups in total. The van der Waals surface area contributed by atoms with Crippen molar-refractivity contribution in [2.24, 2.45) is 0 Å². The highest BCUT2D eigenvalue weighted by molar-refractivity contribution is 6.35. The summed E-state index contributed by atoms with van der Waals surface area (Å²) < 4.78 is 1.44. The third-order valence-electron chi connectivity index (χ3n) is 2.44. The lowest BCUT2D eigenvalue weighted by atomic mass is 10.1. The van der Waals surface area contributed by atoms with E-state index in [0.29, 0.717) is 16.5 Å². The first-order valence-corrected chi connectivity index (χ1v) is 5.92. The molecule has 2 aromatic rings. The molecule has 0 fully saturated rings. The van der Waals surface area contributed by atoms with Crippen molar-refractivity contribution < 1.29 is 9.90 Å². The summed E-state index contributed by atoms with van der Waals surface area (Å²) in [5, 5.41) is 9.82. The van der Waals surface area contributed by atoms with Gasteiger partial charge in [-0.25, -0.2) is 10.2 Å². The highest BCUT2D eigenvalue weighted by Crippen LogP contribution is 2.23. The zero-order valence-corrected chi connectivity index (χ0v) is 10.7. The summed E-state index contributed by atoms with van der Waals surface area (Å²) in [7, 11) is 0. The fraction of sp³-hybridized carbons (Fsp3) is 0.0833. The number of hydrogen-bond acceptors (Lipinski definition) is 1. The number of aromatic nitrogens is 1. The van der Waals surface area contributed by atoms with Crippen LogP contribution >= 0.6 is 23.2 Å². The monoisotopic (exact) mass is 284 g/mol. The summed E-state index contributed by atoms with van der Waals surface area (Å²) in [5.41, 5.74) is 3.94.